The van der Waals surface area contributed by atoms with Gasteiger partial charge in [0, 0.05) is 10.0 Å². The highest BCUT2D eigenvalue weighted by Crippen LogP contribution is 2.34. The summed E-state index contributed by atoms with van der Waals surface area (Å²) in [6.45, 7) is 0.601. The molecule has 1 N–H and O–H groups in total. The number of benzene rings is 1. The van der Waals surface area contributed by atoms with E-state index in [4.69, 9.17) is 9.84 Å². The normalized spacial score (nSPS) is 14.4. The molecule has 0 atom stereocenters. The molecular formula is C10H9BrO3. The Hall–Kier alpha value is -1.03. The highest BCUT2D eigenvalue weighted by Gasteiger charge is 2.20. The molecule has 1 aliphatic heterocycles. The molecule has 3 nitrogen and oxygen atoms in total. The molecule has 1 aliphatic rings. The van der Waals surface area contributed by atoms with Crippen LogP contribution in [0.2, 0.25) is 0 Å². The molecule has 1 aromatic rings. The Bertz CT molecular complexity index is 387. The van der Waals surface area contributed by atoms with Crippen LogP contribution >= 0.6 is 15.9 Å². The molecule has 2 rings (SSSR count). The van der Waals surface area contributed by atoms with E-state index in [0.29, 0.717) is 12.4 Å². The van der Waals surface area contributed by atoms with Crippen LogP contribution in [0.4, 0.5) is 0 Å². The van der Waals surface area contributed by atoms with Gasteiger partial charge >= 0.3 is 5.97 Å². The third-order valence-corrected chi connectivity index (χ3v) is 2.99. The van der Waals surface area contributed by atoms with Crippen LogP contribution in [0.15, 0.2) is 16.6 Å². The molecule has 0 saturated heterocycles. The van der Waals surface area contributed by atoms with Gasteiger partial charge in [-0.05, 0) is 25.0 Å². The number of aromatic carboxylic acids is 1. The van der Waals surface area contributed by atoms with Crippen molar-refractivity contribution in [2.45, 2.75) is 12.8 Å². The molecule has 4 heteroatoms. The standard InChI is InChI=1S/C10H9BrO3/c11-8-4-3-7(10(12)13)9-6(8)2-1-5-14-9/h3-4H,1-2,5H2,(H,12,13). The summed E-state index contributed by atoms with van der Waals surface area (Å²) in [7, 11) is 0. The average molecular weight is 257 g/mol. The fourth-order valence-corrected chi connectivity index (χ4v) is 2.10. The zero-order valence-electron chi connectivity index (χ0n) is 7.42. The van der Waals surface area contributed by atoms with E-state index in [9.17, 15) is 4.79 Å². The Morgan fingerprint density at radius 1 is 1.50 bits per heavy atom. The second-order valence-electron chi connectivity index (χ2n) is 3.16. The second kappa shape index (κ2) is 3.61. The minimum absolute atomic E-state index is 0.253. The van der Waals surface area contributed by atoms with E-state index in [1.807, 2.05) is 0 Å². The van der Waals surface area contributed by atoms with Crippen molar-refractivity contribution in [2.75, 3.05) is 6.61 Å². The summed E-state index contributed by atoms with van der Waals surface area (Å²) in [5.41, 5.74) is 1.22. The number of ether oxygens (including phenoxy) is 1. The van der Waals surface area contributed by atoms with Crippen molar-refractivity contribution < 1.29 is 14.6 Å². The summed E-state index contributed by atoms with van der Waals surface area (Å²) in [6, 6.07) is 3.33. The molecule has 1 heterocycles. The molecule has 0 radical (unpaired) electrons. The van der Waals surface area contributed by atoms with Crippen molar-refractivity contribution in [1.29, 1.82) is 0 Å². The average Bonchev–Trinajstić information content (AvgIpc) is 2.18. The predicted molar refractivity (Wildman–Crippen MR) is 54.9 cm³/mol. The molecule has 0 aromatic heterocycles. The first kappa shape index (κ1) is 9.52. The number of hydrogen-bond acceptors (Lipinski definition) is 2. The zero-order chi connectivity index (χ0) is 10.1. The van der Waals surface area contributed by atoms with Gasteiger partial charge in [-0.15, -0.1) is 0 Å². The predicted octanol–water partition coefficient (Wildman–Crippen LogP) is 2.47. The number of hydrogen-bond donors (Lipinski definition) is 1. The number of carboxylic acids is 1. The molecule has 0 saturated carbocycles. The van der Waals surface area contributed by atoms with Crippen molar-refractivity contribution >= 4 is 21.9 Å². The van der Waals surface area contributed by atoms with Gasteiger partial charge in [0.05, 0.1) is 6.61 Å². The highest BCUT2D eigenvalue weighted by molar-refractivity contribution is 9.10. The SMILES string of the molecule is O=C(O)c1ccc(Br)c2c1OCCC2. The largest absolute Gasteiger partial charge is 0.492 e. The third-order valence-electron chi connectivity index (χ3n) is 2.25. The summed E-state index contributed by atoms with van der Waals surface area (Å²) in [4.78, 5) is 10.9. The van der Waals surface area contributed by atoms with Crippen LogP contribution in [0, 0.1) is 0 Å². The Kier molecular flexibility index (Phi) is 2.46. The number of carboxylic acid groups (broad SMARTS) is 1. The number of halogens is 1. The lowest BCUT2D eigenvalue weighted by Crippen LogP contribution is -2.13. The molecule has 0 fully saturated rings. The van der Waals surface area contributed by atoms with Gasteiger partial charge in [0.1, 0.15) is 11.3 Å². The minimum atomic E-state index is -0.935. The Morgan fingerprint density at radius 3 is 3.00 bits per heavy atom. The molecule has 0 unspecified atom stereocenters. The first-order valence-electron chi connectivity index (χ1n) is 4.37. The molecule has 0 aliphatic carbocycles. The van der Waals surface area contributed by atoms with Gasteiger partial charge < -0.3 is 9.84 Å². The van der Waals surface area contributed by atoms with E-state index in [2.05, 4.69) is 15.9 Å². The van der Waals surface area contributed by atoms with Crippen molar-refractivity contribution in [3.05, 3.63) is 27.7 Å². The van der Waals surface area contributed by atoms with Crippen LogP contribution in [0.3, 0.4) is 0 Å². The molecule has 0 amide bonds. The number of carbonyl (C=O) groups is 1. The first-order valence-corrected chi connectivity index (χ1v) is 5.17. The molecule has 14 heavy (non-hydrogen) atoms. The molecule has 0 bridgehead atoms. The van der Waals surface area contributed by atoms with Gasteiger partial charge in [-0.3, -0.25) is 0 Å². The maximum atomic E-state index is 10.9. The Labute approximate surface area is 89.8 Å². The van der Waals surface area contributed by atoms with Gasteiger partial charge in [-0.25, -0.2) is 4.79 Å². The quantitative estimate of drug-likeness (QED) is 0.840. The topological polar surface area (TPSA) is 46.5 Å². The van der Waals surface area contributed by atoms with Gasteiger partial charge in [-0.2, -0.15) is 0 Å². The summed E-state index contributed by atoms with van der Waals surface area (Å²) in [6.07, 6.45) is 1.81. The van der Waals surface area contributed by atoms with Crippen LogP contribution in [-0.2, 0) is 6.42 Å². The lowest BCUT2D eigenvalue weighted by Gasteiger charge is -2.20. The Balaban J connectivity index is 2.59. The smallest absolute Gasteiger partial charge is 0.339 e. The Morgan fingerprint density at radius 2 is 2.29 bits per heavy atom. The summed E-state index contributed by atoms with van der Waals surface area (Å²) in [5.74, 6) is -0.409. The summed E-state index contributed by atoms with van der Waals surface area (Å²) in [5, 5.41) is 8.94. The molecular weight excluding hydrogens is 248 g/mol. The summed E-state index contributed by atoms with van der Waals surface area (Å²) < 4.78 is 6.31. The van der Waals surface area contributed by atoms with Gasteiger partial charge in [-0.1, -0.05) is 15.9 Å². The van der Waals surface area contributed by atoms with E-state index in [0.717, 1.165) is 22.9 Å². The highest BCUT2D eigenvalue weighted by atomic mass is 79.9. The van der Waals surface area contributed by atoms with E-state index < -0.39 is 5.97 Å². The number of fused-ring (bicyclic) bond motifs is 1. The molecule has 0 spiro atoms. The van der Waals surface area contributed by atoms with Crippen molar-refractivity contribution in [2.24, 2.45) is 0 Å². The van der Waals surface area contributed by atoms with Gasteiger partial charge in [0.25, 0.3) is 0 Å². The fourth-order valence-electron chi connectivity index (χ4n) is 1.59. The van der Waals surface area contributed by atoms with E-state index in [-0.39, 0.29) is 5.56 Å². The van der Waals surface area contributed by atoms with Gasteiger partial charge in [0.15, 0.2) is 0 Å². The second-order valence-corrected chi connectivity index (χ2v) is 4.01. The van der Waals surface area contributed by atoms with Crippen LogP contribution in [0.25, 0.3) is 0 Å². The van der Waals surface area contributed by atoms with Gasteiger partial charge in [0.2, 0.25) is 0 Å². The lowest BCUT2D eigenvalue weighted by atomic mass is 10.0. The fraction of sp³-hybridized carbons (Fsp3) is 0.300. The number of rotatable bonds is 1. The third kappa shape index (κ3) is 1.50. The van der Waals surface area contributed by atoms with E-state index in [1.165, 1.54) is 0 Å². The maximum absolute atomic E-state index is 10.9. The van der Waals surface area contributed by atoms with Crippen molar-refractivity contribution in [1.82, 2.24) is 0 Å². The molecule has 74 valence electrons. The van der Waals surface area contributed by atoms with E-state index in [1.54, 1.807) is 12.1 Å². The minimum Gasteiger partial charge on any atom is -0.492 e. The van der Waals surface area contributed by atoms with Crippen molar-refractivity contribution in [3.8, 4) is 5.75 Å². The van der Waals surface area contributed by atoms with Crippen LogP contribution in [-0.4, -0.2) is 17.7 Å². The van der Waals surface area contributed by atoms with Crippen molar-refractivity contribution in [3.63, 3.8) is 0 Å². The summed E-state index contributed by atoms with van der Waals surface area (Å²) >= 11 is 3.39. The molecule has 1 aromatic carbocycles. The first-order chi connectivity index (χ1) is 6.70. The van der Waals surface area contributed by atoms with Crippen LogP contribution < -0.4 is 4.74 Å². The maximum Gasteiger partial charge on any atom is 0.339 e. The zero-order valence-corrected chi connectivity index (χ0v) is 9.00. The van der Waals surface area contributed by atoms with E-state index >= 15 is 0 Å². The van der Waals surface area contributed by atoms with Crippen LogP contribution in [0.5, 0.6) is 5.75 Å². The monoisotopic (exact) mass is 256 g/mol. The lowest BCUT2D eigenvalue weighted by molar-refractivity contribution is 0.0691. The van der Waals surface area contributed by atoms with Crippen LogP contribution in [0.1, 0.15) is 22.3 Å².